The molecule has 0 bridgehead atoms. The number of alkyl carbamates (subject to hydrolysis) is 1. The van der Waals surface area contributed by atoms with Crippen LogP contribution in [0.5, 0.6) is 5.75 Å². The zero-order valence-corrected chi connectivity index (χ0v) is 23.8. The maximum Gasteiger partial charge on any atom is 0.408 e. The zero-order valence-electron chi connectivity index (χ0n) is 23.8. The van der Waals surface area contributed by atoms with Gasteiger partial charge < -0.3 is 25.0 Å². The second-order valence-corrected chi connectivity index (χ2v) is 11.2. The average molecular weight is 534 g/mol. The topological polar surface area (TPSA) is 97.0 Å². The molecule has 2 aromatic rings. The quantitative estimate of drug-likeness (QED) is 0.435. The van der Waals surface area contributed by atoms with Gasteiger partial charge in [-0.15, -0.1) is 6.42 Å². The first-order valence-electron chi connectivity index (χ1n) is 13.2. The lowest BCUT2D eigenvalue weighted by atomic mass is 9.95. The van der Waals surface area contributed by atoms with E-state index in [-0.39, 0.29) is 23.8 Å². The van der Waals surface area contributed by atoms with Crippen molar-refractivity contribution in [2.45, 2.75) is 71.7 Å². The number of rotatable bonds is 9. The van der Waals surface area contributed by atoms with Crippen LogP contribution >= 0.6 is 0 Å². The number of amides is 3. The first-order valence-corrected chi connectivity index (χ1v) is 13.2. The van der Waals surface area contributed by atoms with Gasteiger partial charge in [-0.1, -0.05) is 44.9 Å². The zero-order chi connectivity index (χ0) is 28.9. The van der Waals surface area contributed by atoms with Crippen molar-refractivity contribution in [2.24, 2.45) is 11.8 Å². The number of hydrogen-bond donors (Lipinski definition) is 2. The molecule has 0 radical (unpaired) electrons. The fourth-order valence-corrected chi connectivity index (χ4v) is 4.45. The fraction of sp³-hybridized carbons (Fsp3) is 0.452. The predicted molar refractivity (Wildman–Crippen MR) is 151 cm³/mol. The van der Waals surface area contributed by atoms with Crippen LogP contribution in [0.4, 0.5) is 10.5 Å². The molecule has 4 atom stereocenters. The molecule has 0 heterocycles. The molecule has 0 saturated heterocycles. The molecule has 1 aliphatic rings. The van der Waals surface area contributed by atoms with E-state index in [1.165, 1.54) is 0 Å². The Balaban J connectivity index is 2.05. The van der Waals surface area contributed by atoms with Crippen LogP contribution in [0, 0.1) is 24.2 Å². The smallest absolute Gasteiger partial charge is 0.408 e. The molecule has 2 N–H and O–H groups in total. The summed E-state index contributed by atoms with van der Waals surface area (Å²) in [6.07, 6.45) is 5.87. The van der Waals surface area contributed by atoms with Crippen molar-refractivity contribution in [3.8, 4) is 18.1 Å². The van der Waals surface area contributed by atoms with Crippen molar-refractivity contribution in [1.29, 1.82) is 0 Å². The van der Waals surface area contributed by atoms with E-state index in [1.807, 2.05) is 20.8 Å². The summed E-state index contributed by atoms with van der Waals surface area (Å²) in [6, 6.07) is 11.9. The molecule has 208 valence electrons. The molecule has 39 heavy (non-hydrogen) atoms. The maximum atomic E-state index is 14.3. The van der Waals surface area contributed by atoms with Crippen molar-refractivity contribution in [3.05, 3.63) is 59.7 Å². The summed E-state index contributed by atoms with van der Waals surface area (Å²) in [5.74, 6) is 2.45. The maximum absolute atomic E-state index is 14.3. The normalized spacial score (nSPS) is 17.8. The van der Waals surface area contributed by atoms with Crippen LogP contribution in [0.25, 0.3) is 0 Å². The number of anilines is 1. The Hall–Kier alpha value is -3.99. The van der Waals surface area contributed by atoms with Gasteiger partial charge in [-0.2, -0.15) is 0 Å². The molecule has 1 saturated carbocycles. The molecular formula is C31H39N3O5. The van der Waals surface area contributed by atoms with Crippen LogP contribution in [-0.4, -0.2) is 47.6 Å². The molecule has 0 aromatic heterocycles. The van der Waals surface area contributed by atoms with E-state index in [1.54, 1.807) is 81.3 Å². The van der Waals surface area contributed by atoms with Crippen molar-refractivity contribution < 1.29 is 23.9 Å². The third-order valence-corrected chi connectivity index (χ3v) is 6.58. The van der Waals surface area contributed by atoms with Gasteiger partial charge in [0.05, 0.1) is 7.11 Å². The average Bonchev–Trinajstić information content (AvgIpc) is 3.60. The minimum Gasteiger partial charge on any atom is -0.497 e. The van der Waals surface area contributed by atoms with E-state index in [9.17, 15) is 14.4 Å². The minimum atomic E-state index is -1.02. The first kappa shape index (κ1) is 29.6. The number of carbonyl (C=O) groups is 3. The number of terminal acetylenes is 1. The highest BCUT2D eigenvalue weighted by molar-refractivity contribution is 5.99. The van der Waals surface area contributed by atoms with E-state index in [2.05, 4.69) is 16.6 Å². The monoisotopic (exact) mass is 533 g/mol. The molecule has 1 aliphatic carbocycles. The van der Waals surface area contributed by atoms with Crippen LogP contribution in [0.15, 0.2) is 48.5 Å². The summed E-state index contributed by atoms with van der Waals surface area (Å²) in [5, 5.41) is 5.70. The van der Waals surface area contributed by atoms with E-state index < -0.39 is 29.7 Å². The summed E-state index contributed by atoms with van der Waals surface area (Å²) in [6.45, 7) is 11.0. The molecule has 1 fully saturated rings. The molecule has 4 unspecified atom stereocenters. The standard InChI is InChI=1S/C31H39N3O5/c1-9-21-12-10-11-13-24(21)27(28(35)32-22-14-16-23(38-8)17-15-22)34(25-18-20(25)4)29(36)26(19(2)3)33-30(37)39-31(5,6)7/h1,10-17,19-20,25-27H,18H2,2-8H3,(H,32,35)(H,33,37). The van der Waals surface area contributed by atoms with Gasteiger partial charge in [0.2, 0.25) is 5.91 Å². The van der Waals surface area contributed by atoms with Crippen molar-refractivity contribution in [2.75, 3.05) is 12.4 Å². The third kappa shape index (κ3) is 7.53. The number of nitrogens with one attached hydrogen (secondary N) is 2. The van der Waals surface area contributed by atoms with Crippen LogP contribution in [0.3, 0.4) is 0 Å². The SMILES string of the molecule is C#Cc1ccccc1C(C(=O)Nc1ccc(OC)cc1)N(C(=O)C(NC(=O)OC(C)(C)C)C(C)C)C1CC1C. The summed E-state index contributed by atoms with van der Waals surface area (Å²) in [7, 11) is 1.57. The number of nitrogens with zero attached hydrogens (tertiary/aromatic N) is 1. The highest BCUT2D eigenvalue weighted by Gasteiger charge is 2.49. The number of methoxy groups -OCH3 is 1. The Labute approximate surface area is 231 Å². The van der Waals surface area contributed by atoms with Gasteiger partial charge in [0.1, 0.15) is 23.4 Å². The van der Waals surface area contributed by atoms with Crippen molar-refractivity contribution in [3.63, 3.8) is 0 Å². The van der Waals surface area contributed by atoms with E-state index in [0.717, 1.165) is 6.42 Å². The van der Waals surface area contributed by atoms with Gasteiger partial charge in [-0.25, -0.2) is 4.79 Å². The van der Waals surface area contributed by atoms with Crippen LogP contribution < -0.4 is 15.4 Å². The van der Waals surface area contributed by atoms with Crippen LogP contribution in [0.2, 0.25) is 0 Å². The lowest BCUT2D eigenvalue weighted by Crippen LogP contribution is -2.55. The second-order valence-electron chi connectivity index (χ2n) is 11.2. The van der Waals surface area contributed by atoms with Gasteiger partial charge in [-0.05, 0) is 74.9 Å². The van der Waals surface area contributed by atoms with Gasteiger partial charge in [0, 0.05) is 17.3 Å². The molecule has 3 rings (SSSR count). The van der Waals surface area contributed by atoms with E-state index in [4.69, 9.17) is 15.9 Å². The molecule has 3 amide bonds. The third-order valence-electron chi connectivity index (χ3n) is 6.58. The second kappa shape index (κ2) is 12.2. The Bertz CT molecular complexity index is 1230. The number of carbonyl (C=O) groups excluding carboxylic acids is 3. The van der Waals surface area contributed by atoms with Crippen molar-refractivity contribution in [1.82, 2.24) is 10.2 Å². The summed E-state index contributed by atoms with van der Waals surface area (Å²) < 4.78 is 10.7. The Morgan fingerprint density at radius 2 is 1.69 bits per heavy atom. The van der Waals surface area contributed by atoms with Crippen LogP contribution in [0.1, 0.15) is 65.1 Å². The Morgan fingerprint density at radius 1 is 1.08 bits per heavy atom. The number of hydrogen-bond acceptors (Lipinski definition) is 5. The molecule has 8 heteroatoms. The lowest BCUT2D eigenvalue weighted by molar-refractivity contribution is -0.142. The highest BCUT2D eigenvalue weighted by Crippen LogP contribution is 2.42. The van der Waals surface area contributed by atoms with Crippen LogP contribution in [-0.2, 0) is 14.3 Å². The first-order chi connectivity index (χ1) is 18.4. The number of ether oxygens (including phenoxy) is 2. The Kier molecular flexibility index (Phi) is 9.28. The van der Waals surface area contributed by atoms with Gasteiger partial charge >= 0.3 is 6.09 Å². The fourth-order valence-electron chi connectivity index (χ4n) is 4.45. The molecular weight excluding hydrogens is 494 g/mol. The van der Waals surface area contributed by atoms with E-state index >= 15 is 0 Å². The van der Waals surface area contributed by atoms with Gasteiger partial charge in [0.15, 0.2) is 0 Å². The summed E-state index contributed by atoms with van der Waals surface area (Å²) in [5.41, 5.74) is 0.872. The van der Waals surface area contributed by atoms with Gasteiger partial charge in [0.25, 0.3) is 5.91 Å². The van der Waals surface area contributed by atoms with Gasteiger partial charge in [-0.3, -0.25) is 9.59 Å². The largest absolute Gasteiger partial charge is 0.497 e. The minimum absolute atomic E-state index is 0.178. The predicted octanol–water partition coefficient (Wildman–Crippen LogP) is 5.14. The molecule has 0 spiro atoms. The number of benzene rings is 2. The summed E-state index contributed by atoms with van der Waals surface area (Å²) in [4.78, 5) is 42.6. The molecule has 2 aromatic carbocycles. The van der Waals surface area contributed by atoms with Crippen molar-refractivity contribution >= 4 is 23.6 Å². The Morgan fingerprint density at radius 3 is 2.21 bits per heavy atom. The van der Waals surface area contributed by atoms with E-state index in [0.29, 0.717) is 22.6 Å². The lowest BCUT2D eigenvalue weighted by Gasteiger charge is -2.36. The summed E-state index contributed by atoms with van der Waals surface area (Å²) >= 11 is 0. The molecule has 8 nitrogen and oxygen atoms in total. The molecule has 0 aliphatic heterocycles. The highest BCUT2D eigenvalue weighted by atomic mass is 16.6.